The molecule has 0 aromatic heterocycles. The molecule has 0 aliphatic heterocycles. The minimum atomic E-state index is 0.608. The molecule has 3 aromatic carbocycles. The zero-order chi connectivity index (χ0) is 20.6. The van der Waals surface area contributed by atoms with Crippen LogP contribution in [0.1, 0.15) is 69.4 Å². The Morgan fingerprint density at radius 3 is 2.50 bits per heavy atom. The smallest absolute Gasteiger partial charge is 0.120 e. The maximum Gasteiger partial charge on any atom is 0.120 e. The number of allylic oxidation sites excluding steroid dienone is 2. The van der Waals surface area contributed by atoms with Crippen LogP contribution in [0.2, 0.25) is 0 Å². The summed E-state index contributed by atoms with van der Waals surface area (Å²) < 4.78 is 5.99. The molecule has 0 bridgehead atoms. The van der Waals surface area contributed by atoms with Crippen LogP contribution >= 0.6 is 0 Å². The molecular formula is C29H34O. The number of rotatable bonds is 9. The third-order valence-corrected chi connectivity index (χ3v) is 6.42. The van der Waals surface area contributed by atoms with E-state index >= 15 is 0 Å². The third kappa shape index (κ3) is 5.53. The van der Waals surface area contributed by atoms with Crippen LogP contribution in [-0.4, -0.2) is 0 Å². The van der Waals surface area contributed by atoms with Crippen molar-refractivity contribution in [3.8, 4) is 5.75 Å². The summed E-state index contributed by atoms with van der Waals surface area (Å²) in [4.78, 5) is 0. The van der Waals surface area contributed by atoms with Crippen molar-refractivity contribution in [2.45, 2.75) is 64.9 Å². The van der Waals surface area contributed by atoms with E-state index < -0.39 is 0 Å². The SMILES string of the molecule is CCCCCCC1CC=C(c2ccc3cc(OCc4ccccc4)ccc3c2)CC1. The van der Waals surface area contributed by atoms with Crippen molar-refractivity contribution in [1.82, 2.24) is 0 Å². The largest absolute Gasteiger partial charge is 0.489 e. The molecule has 1 aliphatic rings. The number of hydrogen-bond donors (Lipinski definition) is 0. The predicted octanol–water partition coefficient (Wildman–Crippen LogP) is 8.57. The molecule has 0 saturated carbocycles. The van der Waals surface area contributed by atoms with E-state index in [4.69, 9.17) is 4.74 Å². The second kappa shape index (κ2) is 10.5. The van der Waals surface area contributed by atoms with E-state index in [0.29, 0.717) is 6.61 Å². The van der Waals surface area contributed by atoms with Gasteiger partial charge >= 0.3 is 0 Å². The van der Waals surface area contributed by atoms with Crippen molar-refractivity contribution in [1.29, 1.82) is 0 Å². The molecule has 30 heavy (non-hydrogen) atoms. The van der Waals surface area contributed by atoms with Crippen molar-refractivity contribution in [3.05, 3.63) is 83.9 Å². The fourth-order valence-corrected chi connectivity index (χ4v) is 4.53. The Labute approximate surface area is 181 Å². The number of ether oxygens (including phenoxy) is 1. The van der Waals surface area contributed by atoms with Gasteiger partial charge in [-0.2, -0.15) is 0 Å². The average Bonchev–Trinajstić information content (AvgIpc) is 2.81. The Hall–Kier alpha value is -2.54. The highest BCUT2D eigenvalue weighted by molar-refractivity contribution is 5.87. The molecule has 1 heteroatoms. The lowest BCUT2D eigenvalue weighted by molar-refractivity contribution is 0.306. The summed E-state index contributed by atoms with van der Waals surface area (Å²) in [6.45, 7) is 2.90. The molecule has 0 amide bonds. The van der Waals surface area contributed by atoms with Crippen molar-refractivity contribution >= 4 is 16.3 Å². The van der Waals surface area contributed by atoms with Crippen LogP contribution in [0.5, 0.6) is 5.75 Å². The first-order valence-corrected chi connectivity index (χ1v) is 11.7. The highest BCUT2D eigenvalue weighted by Crippen LogP contribution is 2.34. The van der Waals surface area contributed by atoms with Gasteiger partial charge in [0.1, 0.15) is 12.4 Å². The first-order chi connectivity index (χ1) is 14.8. The molecule has 4 rings (SSSR count). The van der Waals surface area contributed by atoms with E-state index in [0.717, 1.165) is 11.7 Å². The summed E-state index contributed by atoms with van der Waals surface area (Å²) in [6.07, 6.45) is 13.3. The molecule has 0 heterocycles. The van der Waals surface area contributed by atoms with Gasteiger partial charge < -0.3 is 4.74 Å². The van der Waals surface area contributed by atoms with Crippen molar-refractivity contribution < 1.29 is 4.74 Å². The molecule has 0 radical (unpaired) electrons. The van der Waals surface area contributed by atoms with Crippen molar-refractivity contribution in [3.63, 3.8) is 0 Å². The van der Waals surface area contributed by atoms with E-state index in [1.54, 1.807) is 0 Å². The summed E-state index contributed by atoms with van der Waals surface area (Å²) >= 11 is 0. The van der Waals surface area contributed by atoms with E-state index in [9.17, 15) is 0 Å². The van der Waals surface area contributed by atoms with Gasteiger partial charge in [0.15, 0.2) is 0 Å². The first-order valence-electron chi connectivity index (χ1n) is 11.7. The third-order valence-electron chi connectivity index (χ3n) is 6.42. The number of fused-ring (bicyclic) bond motifs is 1. The van der Waals surface area contributed by atoms with E-state index in [2.05, 4.69) is 73.7 Å². The van der Waals surface area contributed by atoms with Gasteiger partial charge in [-0.05, 0) is 70.9 Å². The second-order valence-electron chi connectivity index (χ2n) is 8.72. The highest BCUT2D eigenvalue weighted by atomic mass is 16.5. The molecule has 3 aromatic rings. The van der Waals surface area contributed by atoms with Crippen LogP contribution in [0.25, 0.3) is 16.3 Å². The lowest BCUT2D eigenvalue weighted by atomic mass is 9.83. The molecular weight excluding hydrogens is 364 g/mol. The normalized spacial score (nSPS) is 16.4. The second-order valence-corrected chi connectivity index (χ2v) is 8.72. The Morgan fingerprint density at radius 1 is 0.867 bits per heavy atom. The Kier molecular flexibility index (Phi) is 7.24. The average molecular weight is 399 g/mol. The maximum absolute atomic E-state index is 5.99. The van der Waals surface area contributed by atoms with Crippen LogP contribution in [0, 0.1) is 5.92 Å². The van der Waals surface area contributed by atoms with Gasteiger partial charge in [0.2, 0.25) is 0 Å². The van der Waals surface area contributed by atoms with Crippen LogP contribution in [0.4, 0.5) is 0 Å². The molecule has 1 aliphatic carbocycles. The van der Waals surface area contributed by atoms with E-state index in [1.165, 1.54) is 78.8 Å². The molecule has 0 saturated heterocycles. The fraction of sp³-hybridized carbons (Fsp3) is 0.379. The standard InChI is InChI=1S/C29H34O/c1-2-3-4-6-9-23-12-14-25(15-13-23)26-16-17-28-21-29(19-18-27(28)20-26)30-22-24-10-7-5-8-11-24/h5,7-8,10-11,14,16-21,23H,2-4,6,9,12-13,15,22H2,1H3. The summed E-state index contributed by atoms with van der Waals surface area (Å²) in [5, 5.41) is 2.54. The van der Waals surface area contributed by atoms with Gasteiger partial charge in [-0.25, -0.2) is 0 Å². The molecule has 0 N–H and O–H groups in total. The Morgan fingerprint density at radius 2 is 1.70 bits per heavy atom. The molecule has 0 spiro atoms. The van der Waals surface area contributed by atoms with Gasteiger partial charge in [0, 0.05) is 0 Å². The minimum absolute atomic E-state index is 0.608. The van der Waals surface area contributed by atoms with Crippen LogP contribution in [0.15, 0.2) is 72.8 Å². The Bertz CT molecular complexity index is 970. The van der Waals surface area contributed by atoms with Crippen LogP contribution < -0.4 is 4.74 Å². The Balaban J connectivity index is 1.37. The predicted molar refractivity (Wildman–Crippen MR) is 129 cm³/mol. The van der Waals surface area contributed by atoms with Crippen molar-refractivity contribution in [2.75, 3.05) is 0 Å². The van der Waals surface area contributed by atoms with E-state index in [-0.39, 0.29) is 0 Å². The number of benzene rings is 3. The molecule has 1 unspecified atom stereocenters. The van der Waals surface area contributed by atoms with Gasteiger partial charge in [0.05, 0.1) is 0 Å². The van der Waals surface area contributed by atoms with Gasteiger partial charge in [-0.3, -0.25) is 0 Å². The summed E-state index contributed by atoms with van der Waals surface area (Å²) in [5.74, 6) is 1.83. The lowest BCUT2D eigenvalue weighted by Gasteiger charge is -2.22. The van der Waals surface area contributed by atoms with Gasteiger partial charge in [-0.1, -0.05) is 93.6 Å². The molecule has 1 atom stereocenters. The first kappa shape index (κ1) is 20.7. The maximum atomic E-state index is 5.99. The zero-order valence-electron chi connectivity index (χ0n) is 18.3. The van der Waals surface area contributed by atoms with E-state index in [1.807, 2.05) is 6.07 Å². The lowest BCUT2D eigenvalue weighted by Crippen LogP contribution is -2.05. The number of hydrogen-bond acceptors (Lipinski definition) is 1. The summed E-state index contributed by atoms with van der Waals surface area (Å²) in [5.41, 5.74) is 4.12. The molecule has 1 nitrogen and oxygen atoms in total. The van der Waals surface area contributed by atoms with Gasteiger partial charge in [0.25, 0.3) is 0 Å². The quantitative estimate of drug-likeness (QED) is 0.328. The fourth-order valence-electron chi connectivity index (χ4n) is 4.53. The van der Waals surface area contributed by atoms with Crippen LogP contribution in [0.3, 0.4) is 0 Å². The number of unbranched alkanes of at least 4 members (excludes halogenated alkanes) is 3. The monoisotopic (exact) mass is 398 g/mol. The molecule has 156 valence electrons. The summed E-state index contributed by atoms with van der Waals surface area (Å²) in [7, 11) is 0. The zero-order valence-corrected chi connectivity index (χ0v) is 18.3. The van der Waals surface area contributed by atoms with Crippen LogP contribution in [-0.2, 0) is 6.61 Å². The van der Waals surface area contributed by atoms with Crippen molar-refractivity contribution in [2.24, 2.45) is 5.92 Å². The molecule has 0 fully saturated rings. The minimum Gasteiger partial charge on any atom is -0.489 e. The summed E-state index contributed by atoms with van der Waals surface area (Å²) in [6, 6.07) is 23.7. The van der Waals surface area contributed by atoms with Gasteiger partial charge in [-0.15, -0.1) is 0 Å². The topological polar surface area (TPSA) is 9.23 Å². The highest BCUT2D eigenvalue weighted by Gasteiger charge is 2.15.